The number of carboxylic acid groups (broad SMARTS) is 1. The summed E-state index contributed by atoms with van der Waals surface area (Å²) in [6.45, 7) is 5.85. The molecule has 0 aliphatic heterocycles. The molecule has 1 unspecified atom stereocenters. The summed E-state index contributed by atoms with van der Waals surface area (Å²) >= 11 is 1.59. The molecule has 1 atom stereocenters. The zero-order valence-electron chi connectivity index (χ0n) is 13.0. The van der Waals surface area contributed by atoms with Crippen molar-refractivity contribution < 1.29 is 14.7 Å². The lowest BCUT2D eigenvalue weighted by atomic mass is 10.1. The predicted molar refractivity (Wildman–Crippen MR) is 85.5 cm³/mol. The topological polar surface area (TPSA) is 70.5 Å². The first-order valence-electron chi connectivity index (χ1n) is 6.85. The summed E-state index contributed by atoms with van der Waals surface area (Å²) in [5.41, 5.74) is 1.58. The van der Waals surface area contributed by atoms with Crippen molar-refractivity contribution in [3.05, 3.63) is 51.0 Å². The van der Waals surface area contributed by atoms with Crippen molar-refractivity contribution in [1.82, 2.24) is 9.88 Å². The Morgan fingerprint density at radius 1 is 1.18 bits per heavy atom. The van der Waals surface area contributed by atoms with Crippen LogP contribution in [0, 0.1) is 13.8 Å². The van der Waals surface area contributed by atoms with Crippen LogP contribution in [0.25, 0.3) is 0 Å². The van der Waals surface area contributed by atoms with Gasteiger partial charge < -0.3 is 10.0 Å². The maximum atomic E-state index is 12.5. The van der Waals surface area contributed by atoms with E-state index in [4.69, 9.17) is 5.11 Å². The molecule has 1 heterocycles. The molecule has 0 fully saturated rings. The number of carbonyl (C=O) groups excluding carboxylic acids is 1. The van der Waals surface area contributed by atoms with Crippen LogP contribution in [0.1, 0.15) is 49.3 Å². The molecule has 0 bridgehead atoms. The first kappa shape index (κ1) is 16.2. The van der Waals surface area contributed by atoms with E-state index in [1.807, 2.05) is 20.8 Å². The highest BCUT2D eigenvalue weighted by Gasteiger charge is 2.22. The second-order valence-corrected chi connectivity index (χ2v) is 6.39. The number of aromatic nitrogens is 1. The summed E-state index contributed by atoms with van der Waals surface area (Å²) in [6, 6.07) is 5.88. The molecule has 6 heteroatoms. The Kier molecular flexibility index (Phi) is 4.61. The molecule has 22 heavy (non-hydrogen) atoms. The molecular weight excluding hydrogens is 300 g/mol. The van der Waals surface area contributed by atoms with Crippen LogP contribution in [-0.4, -0.2) is 33.9 Å². The number of benzene rings is 1. The first-order chi connectivity index (χ1) is 10.3. The number of hydrogen-bond acceptors (Lipinski definition) is 4. The first-order valence-corrected chi connectivity index (χ1v) is 7.67. The van der Waals surface area contributed by atoms with Crippen molar-refractivity contribution >= 4 is 23.2 Å². The van der Waals surface area contributed by atoms with Gasteiger partial charge in [-0.1, -0.05) is 0 Å². The molecule has 116 valence electrons. The van der Waals surface area contributed by atoms with Gasteiger partial charge in [0.15, 0.2) is 0 Å². The van der Waals surface area contributed by atoms with Gasteiger partial charge in [-0.2, -0.15) is 0 Å². The van der Waals surface area contributed by atoms with Crippen LogP contribution in [0.4, 0.5) is 0 Å². The maximum absolute atomic E-state index is 12.5. The minimum atomic E-state index is -1.00. The summed E-state index contributed by atoms with van der Waals surface area (Å²) in [6.07, 6.45) is 0. The van der Waals surface area contributed by atoms with Crippen LogP contribution >= 0.6 is 11.3 Å². The molecule has 0 saturated heterocycles. The van der Waals surface area contributed by atoms with Crippen LogP contribution in [0.5, 0.6) is 0 Å². The van der Waals surface area contributed by atoms with Crippen LogP contribution in [-0.2, 0) is 0 Å². The van der Waals surface area contributed by atoms with Crippen molar-refractivity contribution in [2.75, 3.05) is 7.05 Å². The highest BCUT2D eigenvalue weighted by Crippen LogP contribution is 2.29. The third-order valence-electron chi connectivity index (χ3n) is 3.60. The van der Waals surface area contributed by atoms with Crippen molar-refractivity contribution in [3.63, 3.8) is 0 Å². The van der Waals surface area contributed by atoms with Gasteiger partial charge in [-0.05, 0) is 45.0 Å². The molecule has 1 N–H and O–H groups in total. The van der Waals surface area contributed by atoms with Crippen LogP contribution in [0.2, 0.25) is 0 Å². The Balaban J connectivity index is 2.21. The molecule has 0 aliphatic rings. The molecule has 2 aromatic rings. The fourth-order valence-corrected chi connectivity index (χ4v) is 3.27. The lowest BCUT2D eigenvalue weighted by Crippen LogP contribution is -2.29. The van der Waals surface area contributed by atoms with Crippen LogP contribution in [0.15, 0.2) is 24.3 Å². The number of amides is 1. The number of carboxylic acids is 1. The average molecular weight is 318 g/mol. The van der Waals surface area contributed by atoms with E-state index in [0.717, 1.165) is 15.6 Å². The Bertz CT molecular complexity index is 707. The van der Waals surface area contributed by atoms with E-state index in [-0.39, 0.29) is 17.5 Å². The fourth-order valence-electron chi connectivity index (χ4n) is 2.25. The van der Waals surface area contributed by atoms with E-state index in [2.05, 4.69) is 4.98 Å². The summed E-state index contributed by atoms with van der Waals surface area (Å²) in [5.74, 6) is -1.15. The molecule has 2 rings (SSSR count). The van der Waals surface area contributed by atoms with Crippen LogP contribution < -0.4 is 0 Å². The maximum Gasteiger partial charge on any atom is 0.335 e. The van der Waals surface area contributed by atoms with Crippen molar-refractivity contribution in [3.8, 4) is 0 Å². The lowest BCUT2D eigenvalue weighted by Gasteiger charge is -2.24. The number of hydrogen-bond donors (Lipinski definition) is 1. The van der Waals surface area contributed by atoms with Gasteiger partial charge >= 0.3 is 5.97 Å². The van der Waals surface area contributed by atoms with Crippen molar-refractivity contribution in [2.45, 2.75) is 26.8 Å². The predicted octanol–water partition coefficient (Wildman–Crippen LogP) is 3.29. The van der Waals surface area contributed by atoms with E-state index >= 15 is 0 Å². The minimum absolute atomic E-state index is 0.0853. The summed E-state index contributed by atoms with van der Waals surface area (Å²) in [7, 11) is 1.74. The normalized spacial score (nSPS) is 12.0. The largest absolute Gasteiger partial charge is 0.478 e. The van der Waals surface area contributed by atoms with Gasteiger partial charge in [-0.3, -0.25) is 4.79 Å². The quantitative estimate of drug-likeness (QED) is 0.939. The van der Waals surface area contributed by atoms with E-state index < -0.39 is 5.97 Å². The molecule has 1 amide bonds. The Labute approximate surface area is 133 Å². The van der Waals surface area contributed by atoms with E-state index in [9.17, 15) is 9.59 Å². The van der Waals surface area contributed by atoms with E-state index in [1.54, 1.807) is 35.4 Å². The molecule has 0 spiro atoms. The van der Waals surface area contributed by atoms with Gasteiger partial charge in [-0.15, -0.1) is 11.3 Å². The SMILES string of the molecule is Cc1nc(C)c(C(C)N(C)C(=O)c2ccc(C(=O)O)cc2)s1. The number of aromatic carboxylic acids is 1. The summed E-state index contributed by atoms with van der Waals surface area (Å²) in [4.78, 5) is 30.5. The zero-order valence-corrected chi connectivity index (χ0v) is 13.8. The standard InChI is InChI=1S/C16H18N2O3S/c1-9-14(22-11(3)17-9)10(2)18(4)15(19)12-5-7-13(8-6-12)16(20)21/h5-8,10H,1-4H3,(H,20,21). The number of nitrogens with zero attached hydrogens (tertiary/aromatic N) is 2. The fraction of sp³-hybridized carbons (Fsp3) is 0.312. The molecule has 1 aromatic carbocycles. The van der Waals surface area contributed by atoms with Gasteiger partial charge in [0.25, 0.3) is 5.91 Å². The molecule has 0 saturated carbocycles. The highest BCUT2D eigenvalue weighted by molar-refractivity contribution is 7.11. The van der Waals surface area contributed by atoms with Crippen molar-refractivity contribution in [2.24, 2.45) is 0 Å². The average Bonchev–Trinajstić information content (AvgIpc) is 2.83. The van der Waals surface area contributed by atoms with Gasteiger partial charge in [-0.25, -0.2) is 9.78 Å². The van der Waals surface area contributed by atoms with Gasteiger partial charge in [0.1, 0.15) is 0 Å². The summed E-state index contributed by atoms with van der Waals surface area (Å²) < 4.78 is 0. The Hall–Kier alpha value is -2.21. The zero-order chi connectivity index (χ0) is 16.4. The Morgan fingerprint density at radius 2 is 1.73 bits per heavy atom. The van der Waals surface area contributed by atoms with Gasteiger partial charge in [0.2, 0.25) is 0 Å². The highest BCUT2D eigenvalue weighted by atomic mass is 32.1. The molecule has 0 radical (unpaired) electrons. The molecule has 5 nitrogen and oxygen atoms in total. The van der Waals surface area contributed by atoms with E-state index in [1.165, 1.54) is 12.1 Å². The summed E-state index contributed by atoms with van der Waals surface area (Å²) in [5, 5.41) is 9.87. The molecule has 0 aliphatic carbocycles. The molecule has 1 aromatic heterocycles. The number of thiazole rings is 1. The van der Waals surface area contributed by atoms with Gasteiger partial charge in [0.05, 0.1) is 22.3 Å². The Morgan fingerprint density at radius 3 is 2.18 bits per heavy atom. The third-order valence-corrected chi connectivity index (χ3v) is 4.84. The monoisotopic (exact) mass is 318 g/mol. The van der Waals surface area contributed by atoms with Crippen LogP contribution in [0.3, 0.4) is 0 Å². The number of carbonyl (C=O) groups is 2. The third kappa shape index (κ3) is 3.17. The minimum Gasteiger partial charge on any atom is -0.478 e. The van der Waals surface area contributed by atoms with E-state index in [0.29, 0.717) is 5.56 Å². The number of rotatable bonds is 4. The van der Waals surface area contributed by atoms with Gasteiger partial charge in [0, 0.05) is 17.5 Å². The number of aryl methyl sites for hydroxylation is 2. The second-order valence-electron chi connectivity index (χ2n) is 5.16. The van der Waals surface area contributed by atoms with Crippen molar-refractivity contribution in [1.29, 1.82) is 0 Å². The smallest absolute Gasteiger partial charge is 0.335 e. The second kappa shape index (κ2) is 6.27. The molecular formula is C16H18N2O3S. The lowest BCUT2D eigenvalue weighted by molar-refractivity contribution is 0.0693.